The summed E-state index contributed by atoms with van der Waals surface area (Å²) in [7, 11) is 0. The van der Waals surface area contributed by atoms with E-state index in [0.29, 0.717) is 0 Å². The van der Waals surface area contributed by atoms with E-state index in [-0.39, 0.29) is 10.8 Å². The molecule has 2 heterocycles. The van der Waals surface area contributed by atoms with E-state index < -0.39 is 0 Å². The van der Waals surface area contributed by atoms with Gasteiger partial charge in [0.05, 0.1) is 0 Å². The van der Waals surface area contributed by atoms with Gasteiger partial charge >= 0.3 is 0 Å². The van der Waals surface area contributed by atoms with E-state index in [2.05, 4.69) is 118 Å². The molecule has 1 aliphatic carbocycles. The van der Waals surface area contributed by atoms with Crippen molar-refractivity contribution >= 4 is 11.8 Å². The molecule has 44 heavy (non-hydrogen) atoms. The second-order valence-electron chi connectivity index (χ2n) is 12.7. The fraction of sp³-hybridized carbons (Fsp3) is 0.122. The van der Waals surface area contributed by atoms with E-state index in [9.17, 15) is 0 Å². The SMILES string of the molecule is CC1(C)c2cc(-c3ccc4c(c3)Oc3ccccc3O4)ccc2-c2c1ccc1c2Sc2ccccc2C1(C)c1ccccc1. The molecule has 3 heteroatoms. The van der Waals surface area contributed by atoms with Crippen LogP contribution >= 0.6 is 11.8 Å². The number of benzene rings is 6. The lowest BCUT2D eigenvalue weighted by Crippen LogP contribution is -2.29. The standard InChI is InChI=1S/C41H30O2S/c1-40(2)30-20-21-31-39(44-37-16-10-7-13-29(37)41(31,3)27-11-5-4-6-12-27)38(30)28-19-17-25(23-32(28)40)26-18-22-35-36(24-26)43-34-15-9-8-14-33(34)42-35/h4-24H,1-3H3. The van der Waals surface area contributed by atoms with Crippen LogP contribution in [0.15, 0.2) is 137 Å². The molecule has 212 valence electrons. The van der Waals surface area contributed by atoms with Crippen LogP contribution in [0.1, 0.15) is 48.6 Å². The third-order valence-electron chi connectivity index (χ3n) is 9.89. The Hall–Kier alpha value is -4.73. The van der Waals surface area contributed by atoms with Crippen LogP contribution in [0, 0.1) is 0 Å². The fourth-order valence-electron chi connectivity index (χ4n) is 7.49. The Labute approximate surface area is 262 Å². The van der Waals surface area contributed by atoms with Gasteiger partial charge in [-0.3, -0.25) is 0 Å². The first-order valence-corrected chi connectivity index (χ1v) is 16.0. The Morgan fingerprint density at radius 1 is 0.500 bits per heavy atom. The maximum Gasteiger partial charge on any atom is 0.170 e. The van der Waals surface area contributed by atoms with Gasteiger partial charge in [-0.1, -0.05) is 117 Å². The summed E-state index contributed by atoms with van der Waals surface area (Å²) in [5.41, 5.74) is 11.5. The van der Waals surface area contributed by atoms with Gasteiger partial charge in [0, 0.05) is 26.2 Å². The molecule has 0 amide bonds. The van der Waals surface area contributed by atoms with Crippen LogP contribution in [-0.2, 0) is 10.8 Å². The van der Waals surface area contributed by atoms with Crippen molar-refractivity contribution in [3.05, 3.63) is 155 Å². The number of fused-ring (bicyclic) bond motifs is 8. The Balaban J connectivity index is 1.19. The largest absolute Gasteiger partial charge is 0.450 e. The minimum absolute atomic E-state index is 0.136. The first kappa shape index (κ1) is 25.7. The summed E-state index contributed by atoms with van der Waals surface area (Å²) in [5.74, 6) is 2.98. The summed E-state index contributed by atoms with van der Waals surface area (Å²) in [6, 6.07) is 45.8. The molecule has 0 aromatic heterocycles. The molecule has 3 aliphatic rings. The lowest BCUT2D eigenvalue weighted by atomic mass is 9.69. The molecule has 6 aromatic carbocycles. The van der Waals surface area contributed by atoms with E-state index in [1.165, 1.54) is 54.3 Å². The van der Waals surface area contributed by atoms with Crippen LogP contribution in [0.5, 0.6) is 23.0 Å². The Morgan fingerprint density at radius 3 is 1.95 bits per heavy atom. The highest BCUT2D eigenvalue weighted by Crippen LogP contribution is 2.60. The van der Waals surface area contributed by atoms with Gasteiger partial charge in [0.1, 0.15) is 0 Å². The van der Waals surface area contributed by atoms with Gasteiger partial charge in [-0.15, -0.1) is 0 Å². The van der Waals surface area contributed by atoms with Gasteiger partial charge in [0.25, 0.3) is 0 Å². The summed E-state index contributed by atoms with van der Waals surface area (Å²) in [5, 5.41) is 0. The van der Waals surface area contributed by atoms with Crippen molar-refractivity contribution in [1.82, 2.24) is 0 Å². The molecule has 0 fully saturated rings. The predicted molar refractivity (Wildman–Crippen MR) is 179 cm³/mol. The Bertz CT molecular complexity index is 2150. The van der Waals surface area contributed by atoms with Gasteiger partial charge in [-0.2, -0.15) is 0 Å². The van der Waals surface area contributed by atoms with Gasteiger partial charge in [0.15, 0.2) is 23.0 Å². The molecular weight excluding hydrogens is 557 g/mol. The highest BCUT2D eigenvalue weighted by atomic mass is 32.2. The fourth-order valence-corrected chi connectivity index (χ4v) is 8.94. The van der Waals surface area contributed by atoms with Crippen molar-refractivity contribution in [1.29, 1.82) is 0 Å². The highest BCUT2D eigenvalue weighted by Gasteiger charge is 2.44. The van der Waals surface area contributed by atoms with Crippen LogP contribution in [0.3, 0.4) is 0 Å². The topological polar surface area (TPSA) is 18.5 Å². The first-order valence-electron chi connectivity index (χ1n) is 15.2. The molecule has 9 rings (SSSR count). The van der Waals surface area contributed by atoms with Gasteiger partial charge in [0.2, 0.25) is 0 Å². The molecule has 2 nitrogen and oxygen atoms in total. The third-order valence-corrected chi connectivity index (χ3v) is 11.1. The number of para-hydroxylation sites is 2. The molecule has 0 saturated heterocycles. The van der Waals surface area contributed by atoms with E-state index in [4.69, 9.17) is 9.47 Å². The van der Waals surface area contributed by atoms with Gasteiger partial charge in [-0.05, 0) is 87.8 Å². The molecule has 0 spiro atoms. The van der Waals surface area contributed by atoms with Crippen LogP contribution in [0.25, 0.3) is 22.3 Å². The average molecular weight is 587 g/mol. The second-order valence-corrected chi connectivity index (χ2v) is 13.7. The van der Waals surface area contributed by atoms with Crippen molar-refractivity contribution in [3.63, 3.8) is 0 Å². The monoisotopic (exact) mass is 586 g/mol. The van der Waals surface area contributed by atoms with Crippen LogP contribution in [-0.4, -0.2) is 0 Å². The van der Waals surface area contributed by atoms with E-state index >= 15 is 0 Å². The van der Waals surface area contributed by atoms with Crippen molar-refractivity contribution in [2.45, 2.75) is 41.4 Å². The summed E-state index contributed by atoms with van der Waals surface area (Å²) < 4.78 is 12.4. The smallest absolute Gasteiger partial charge is 0.170 e. The van der Waals surface area contributed by atoms with Crippen LogP contribution < -0.4 is 9.47 Å². The van der Waals surface area contributed by atoms with Gasteiger partial charge < -0.3 is 9.47 Å². The summed E-state index contributed by atoms with van der Waals surface area (Å²) in [6.45, 7) is 7.13. The van der Waals surface area contributed by atoms with E-state index in [1.54, 1.807) is 0 Å². The molecular formula is C41H30O2S. The van der Waals surface area contributed by atoms with E-state index in [1.807, 2.05) is 42.1 Å². The quantitative estimate of drug-likeness (QED) is 0.201. The van der Waals surface area contributed by atoms with Crippen molar-refractivity contribution in [2.75, 3.05) is 0 Å². The maximum absolute atomic E-state index is 6.24. The third kappa shape index (κ3) is 3.51. The zero-order valence-electron chi connectivity index (χ0n) is 24.8. The summed E-state index contributed by atoms with van der Waals surface area (Å²) in [4.78, 5) is 2.71. The molecule has 0 saturated carbocycles. The summed E-state index contributed by atoms with van der Waals surface area (Å²) >= 11 is 1.93. The van der Waals surface area contributed by atoms with Crippen LogP contribution in [0.2, 0.25) is 0 Å². The van der Waals surface area contributed by atoms with Crippen molar-refractivity contribution in [2.24, 2.45) is 0 Å². The van der Waals surface area contributed by atoms with E-state index in [0.717, 1.165) is 28.6 Å². The molecule has 0 N–H and O–H groups in total. The molecule has 6 aromatic rings. The molecule has 1 unspecified atom stereocenters. The summed E-state index contributed by atoms with van der Waals surface area (Å²) in [6.07, 6.45) is 0. The molecule has 2 aliphatic heterocycles. The Morgan fingerprint density at radius 2 is 1.14 bits per heavy atom. The lowest BCUT2D eigenvalue weighted by molar-refractivity contribution is 0.360. The van der Waals surface area contributed by atoms with Crippen LogP contribution in [0.4, 0.5) is 0 Å². The predicted octanol–water partition coefficient (Wildman–Crippen LogP) is 11.4. The minimum Gasteiger partial charge on any atom is -0.450 e. The van der Waals surface area contributed by atoms with Crippen molar-refractivity contribution < 1.29 is 9.47 Å². The average Bonchev–Trinajstić information content (AvgIpc) is 3.30. The zero-order chi connectivity index (χ0) is 29.6. The molecule has 0 radical (unpaired) electrons. The minimum atomic E-state index is -0.246. The lowest BCUT2D eigenvalue weighted by Gasteiger charge is -2.39. The molecule has 1 atom stereocenters. The normalized spacial score (nSPS) is 18.0. The second kappa shape index (κ2) is 9.14. The number of rotatable bonds is 2. The first-order chi connectivity index (χ1) is 21.4. The Kier molecular flexibility index (Phi) is 5.35. The number of hydrogen-bond donors (Lipinski definition) is 0. The maximum atomic E-state index is 6.24. The zero-order valence-corrected chi connectivity index (χ0v) is 25.7. The number of hydrogen-bond acceptors (Lipinski definition) is 3. The van der Waals surface area contributed by atoms with Gasteiger partial charge in [-0.25, -0.2) is 0 Å². The van der Waals surface area contributed by atoms with Crippen molar-refractivity contribution in [3.8, 4) is 45.3 Å². The number of ether oxygens (including phenoxy) is 2. The molecule has 0 bridgehead atoms. The highest BCUT2D eigenvalue weighted by molar-refractivity contribution is 7.99.